The summed E-state index contributed by atoms with van der Waals surface area (Å²) in [7, 11) is 0. The van der Waals surface area contributed by atoms with Gasteiger partial charge in [0.2, 0.25) is 0 Å². The van der Waals surface area contributed by atoms with Crippen LogP contribution in [0.15, 0.2) is 25.6 Å². The Morgan fingerprint density at radius 2 is 1.50 bits per heavy atom. The van der Waals surface area contributed by atoms with Crippen LogP contribution in [0.2, 0.25) is 0 Å². The van der Waals surface area contributed by atoms with E-state index < -0.39 is 0 Å². The predicted octanol–water partition coefficient (Wildman–Crippen LogP) is 4.37. The number of hydrogen-bond donors (Lipinski definition) is 0. The van der Waals surface area contributed by atoms with Crippen LogP contribution in [0, 0.1) is 6.07 Å². The van der Waals surface area contributed by atoms with Gasteiger partial charge in [-0.05, 0) is 37.2 Å². The van der Waals surface area contributed by atoms with Crippen molar-refractivity contribution in [2.75, 3.05) is 25.0 Å². The van der Waals surface area contributed by atoms with Crippen LogP contribution < -0.4 is 0 Å². The van der Waals surface area contributed by atoms with E-state index in [0.717, 1.165) is 0 Å². The molecule has 0 saturated heterocycles. The predicted molar refractivity (Wildman–Crippen MR) is 72.4 cm³/mol. The van der Waals surface area contributed by atoms with Crippen molar-refractivity contribution in [2.24, 2.45) is 0 Å². The standard InChI is InChI=1S/C10H13S4/c1-11-7-5-6-8(12-2)10(14-4)9(7)13-3/h5H,1-4H3. The lowest BCUT2D eigenvalue weighted by molar-refractivity contribution is 1.03. The van der Waals surface area contributed by atoms with E-state index in [1.165, 1.54) is 19.6 Å². The third-order valence-electron chi connectivity index (χ3n) is 1.80. The molecule has 0 spiro atoms. The van der Waals surface area contributed by atoms with Crippen LogP contribution in [0.4, 0.5) is 0 Å². The SMILES string of the molecule is CSc1[c]cc(SC)c(SC)c1SC. The van der Waals surface area contributed by atoms with Gasteiger partial charge in [0.05, 0.1) is 0 Å². The van der Waals surface area contributed by atoms with Crippen molar-refractivity contribution in [1.82, 2.24) is 0 Å². The first-order chi connectivity index (χ1) is 6.78. The normalized spacial score (nSPS) is 10.6. The maximum atomic E-state index is 3.34. The topological polar surface area (TPSA) is 0 Å². The number of benzene rings is 1. The second-order valence-corrected chi connectivity index (χ2v) is 5.75. The fourth-order valence-electron chi connectivity index (χ4n) is 1.16. The lowest BCUT2D eigenvalue weighted by Crippen LogP contribution is -1.86. The van der Waals surface area contributed by atoms with Crippen molar-refractivity contribution in [2.45, 2.75) is 19.6 Å². The third-order valence-corrected chi connectivity index (χ3v) is 5.33. The highest BCUT2D eigenvalue weighted by molar-refractivity contribution is 8.04. The van der Waals surface area contributed by atoms with E-state index >= 15 is 0 Å². The van der Waals surface area contributed by atoms with E-state index in [1.54, 1.807) is 23.5 Å². The molecule has 0 nitrogen and oxygen atoms in total. The molecular weight excluding hydrogens is 248 g/mol. The minimum Gasteiger partial charge on any atom is -0.128 e. The summed E-state index contributed by atoms with van der Waals surface area (Å²) in [4.78, 5) is 5.37. The van der Waals surface area contributed by atoms with E-state index in [4.69, 9.17) is 0 Å². The molecule has 0 aromatic heterocycles. The Hall–Kier alpha value is 0.620. The van der Waals surface area contributed by atoms with E-state index in [9.17, 15) is 0 Å². The molecule has 1 aromatic carbocycles. The Balaban J connectivity index is 3.28. The molecule has 0 heterocycles. The zero-order valence-electron chi connectivity index (χ0n) is 8.71. The van der Waals surface area contributed by atoms with Gasteiger partial charge in [-0.2, -0.15) is 0 Å². The maximum absolute atomic E-state index is 3.34. The van der Waals surface area contributed by atoms with Gasteiger partial charge in [-0.25, -0.2) is 0 Å². The van der Waals surface area contributed by atoms with Crippen molar-refractivity contribution in [1.29, 1.82) is 0 Å². The van der Waals surface area contributed by atoms with E-state index in [0.29, 0.717) is 0 Å². The van der Waals surface area contributed by atoms with Gasteiger partial charge >= 0.3 is 0 Å². The summed E-state index contributed by atoms with van der Waals surface area (Å²) in [5.74, 6) is 0. The van der Waals surface area contributed by atoms with Gasteiger partial charge in [0, 0.05) is 19.6 Å². The monoisotopic (exact) mass is 261 g/mol. The quantitative estimate of drug-likeness (QED) is 0.738. The van der Waals surface area contributed by atoms with Crippen molar-refractivity contribution in [3.05, 3.63) is 12.1 Å². The average Bonchev–Trinajstić information content (AvgIpc) is 2.26. The fourth-order valence-corrected chi connectivity index (χ4v) is 4.80. The Morgan fingerprint density at radius 3 is 1.93 bits per heavy atom. The van der Waals surface area contributed by atoms with Gasteiger partial charge in [-0.3, -0.25) is 0 Å². The Labute approximate surface area is 103 Å². The molecule has 1 radical (unpaired) electrons. The summed E-state index contributed by atoms with van der Waals surface area (Å²) < 4.78 is 0. The van der Waals surface area contributed by atoms with Crippen molar-refractivity contribution >= 4 is 47.0 Å². The van der Waals surface area contributed by atoms with Crippen molar-refractivity contribution < 1.29 is 0 Å². The zero-order valence-corrected chi connectivity index (χ0v) is 12.0. The molecule has 0 saturated carbocycles. The minimum atomic E-state index is 1.26. The summed E-state index contributed by atoms with van der Waals surface area (Å²) in [6, 6.07) is 5.44. The lowest BCUT2D eigenvalue weighted by Gasteiger charge is -2.12. The summed E-state index contributed by atoms with van der Waals surface area (Å²) in [6.45, 7) is 0. The molecule has 77 valence electrons. The van der Waals surface area contributed by atoms with Gasteiger partial charge < -0.3 is 0 Å². The highest BCUT2D eigenvalue weighted by Crippen LogP contribution is 2.40. The molecule has 0 aliphatic heterocycles. The van der Waals surface area contributed by atoms with E-state index in [-0.39, 0.29) is 0 Å². The van der Waals surface area contributed by atoms with Crippen LogP contribution in [-0.4, -0.2) is 25.0 Å². The molecule has 0 unspecified atom stereocenters. The van der Waals surface area contributed by atoms with Crippen LogP contribution in [0.1, 0.15) is 0 Å². The number of rotatable bonds is 4. The Kier molecular flexibility index (Phi) is 5.67. The molecule has 0 bridgehead atoms. The number of hydrogen-bond acceptors (Lipinski definition) is 4. The summed E-state index contributed by atoms with van der Waals surface area (Å²) in [6.07, 6.45) is 8.49. The lowest BCUT2D eigenvalue weighted by atomic mass is 10.3. The smallest absolute Gasteiger partial charge is 0.0359 e. The molecule has 0 aliphatic carbocycles. The molecule has 4 heteroatoms. The molecular formula is C10H13S4. The maximum Gasteiger partial charge on any atom is 0.0359 e. The number of thioether (sulfide) groups is 4. The van der Waals surface area contributed by atoms with Crippen molar-refractivity contribution in [3.63, 3.8) is 0 Å². The van der Waals surface area contributed by atoms with Gasteiger partial charge in [0.25, 0.3) is 0 Å². The van der Waals surface area contributed by atoms with E-state index in [1.807, 2.05) is 23.5 Å². The molecule has 0 atom stereocenters. The second-order valence-electron chi connectivity index (χ2n) is 2.46. The highest BCUT2D eigenvalue weighted by Gasteiger charge is 2.11. The Morgan fingerprint density at radius 1 is 0.857 bits per heavy atom. The minimum absolute atomic E-state index is 1.26. The summed E-state index contributed by atoms with van der Waals surface area (Å²) in [5, 5.41) is 0. The third kappa shape index (κ3) is 2.60. The molecule has 0 fully saturated rings. The summed E-state index contributed by atoms with van der Waals surface area (Å²) >= 11 is 7.20. The molecule has 0 aliphatic rings. The zero-order chi connectivity index (χ0) is 10.6. The van der Waals surface area contributed by atoms with Crippen molar-refractivity contribution in [3.8, 4) is 0 Å². The summed E-state index contributed by atoms with van der Waals surface area (Å²) in [5.41, 5.74) is 0. The molecule has 0 amide bonds. The van der Waals surface area contributed by atoms with Crippen LogP contribution >= 0.6 is 47.0 Å². The highest BCUT2D eigenvalue weighted by atomic mass is 32.2. The van der Waals surface area contributed by atoms with Crippen LogP contribution in [0.5, 0.6) is 0 Å². The molecule has 1 rings (SSSR count). The first-order valence-corrected chi connectivity index (χ1v) is 8.93. The molecule has 14 heavy (non-hydrogen) atoms. The van der Waals surface area contributed by atoms with Gasteiger partial charge in [-0.15, -0.1) is 47.0 Å². The average molecular weight is 261 g/mol. The first kappa shape index (κ1) is 12.7. The largest absolute Gasteiger partial charge is 0.128 e. The van der Waals surface area contributed by atoms with Gasteiger partial charge in [0.15, 0.2) is 0 Å². The fraction of sp³-hybridized carbons (Fsp3) is 0.400. The van der Waals surface area contributed by atoms with Crippen LogP contribution in [0.3, 0.4) is 0 Å². The second kappa shape index (κ2) is 6.26. The van der Waals surface area contributed by atoms with Crippen LogP contribution in [0.25, 0.3) is 0 Å². The van der Waals surface area contributed by atoms with Crippen LogP contribution in [-0.2, 0) is 0 Å². The molecule has 1 aromatic rings. The first-order valence-electron chi connectivity index (χ1n) is 4.03. The molecule has 0 N–H and O–H groups in total. The van der Waals surface area contributed by atoms with E-state index in [2.05, 4.69) is 37.2 Å². The van der Waals surface area contributed by atoms with Gasteiger partial charge in [0.1, 0.15) is 0 Å². The van der Waals surface area contributed by atoms with Gasteiger partial charge in [-0.1, -0.05) is 0 Å². The Bertz CT molecular complexity index is 278.